The Balaban J connectivity index is 1.52. The number of hydrogen-bond acceptors (Lipinski definition) is 5. The van der Waals surface area contributed by atoms with Crippen molar-refractivity contribution in [1.82, 2.24) is 4.98 Å². The van der Waals surface area contributed by atoms with Crippen molar-refractivity contribution in [3.8, 4) is 5.75 Å². The fourth-order valence-corrected chi connectivity index (χ4v) is 4.11. The number of para-hydroxylation sites is 1. The average molecular weight is 402 g/mol. The molecule has 5 rings (SSSR count). The summed E-state index contributed by atoms with van der Waals surface area (Å²) in [5, 5.41) is 4.28. The number of ether oxygens (including phenoxy) is 1. The largest absolute Gasteiger partial charge is 0.493 e. The van der Waals surface area contributed by atoms with Gasteiger partial charge in [0.1, 0.15) is 5.56 Å². The molecule has 1 amide bonds. The molecule has 0 aliphatic heterocycles. The Morgan fingerprint density at radius 3 is 2.77 bits per heavy atom. The molecule has 150 valence electrons. The number of fused-ring (bicyclic) bond motifs is 4. The molecule has 0 saturated carbocycles. The topological polar surface area (TPSA) is 101 Å². The lowest BCUT2D eigenvalue weighted by molar-refractivity contribution is 0.102. The van der Waals surface area contributed by atoms with E-state index in [0.29, 0.717) is 27.9 Å². The summed E-state index contributed by atoms with van der Waals surface area (Å²) in [6.07, 6.45) is 2.64. The van der Waals surface area contributed by atoms with Crippen LogP contribution in [-0.4, -0.2) is 18.0 Å². The molecule has 0 bridgehead atoms. The third kappa shape index (κ3) is 2.86. The monoisotopic (exact) mass is 402 g/mol. The fourth-order valence-electron chi connectivity index (χ4n) is 4.11. The molecule has 0 saturated heterocycles. The highest BCUT2D eigenvalue weighted by Crippen LogP contribution is 2.28. The van der Waals surface area contributed by atoms with Crippen LogP contribution in [0.5, 0.6) is 5.75 Å². The second-order valence-corrected chi connectivity index (χ2v) is 7.31. The Labute approximate surface area is 170 Å². The predicted octanol–water partition coefficient (Wildman–Crippen LogP) is 3.38. The lowest BCUT2D eigenvalue weighted by Crippen LogP contribution is -2.21. The third-order valence-electron chi connectivity index (χ3n) is 5.53. The van der Waals surface area contributed by atoms with Crippen LogP contribution in [0.4, 0.5) is 5.69 Å². The highest BCUT2D eigenvalue weighted by Gasteiger charge is 2.19. The SMILES string of the molecule is COc1cccc2cc(C(=O)Nc3ccc4c5c(c(=O)[nH]c4c3)CCC5)c(=O)oc12. The number of anilines is 1. The average Bonchev–Trinajstić information content (AvgIpc) is 3.23. The van der Waals surface area contributed by atoms with Crippen molar-refractivity contribution >= 4 is 33.5 Å². The quantitative estimate of drug-likeness (QED) is 0.512. The number of amides is 1. The van der Waals surface area contributed by atoms with Gasteiger partial charge in [-0.15, -0.1) is 0 Å². The van der Waals surface area contributed by atoms with Crippen molar-refractivity contribution in [3.05, 3.63) is 79.9 Å². The first-order valence-corrected chi connectivity index (χ1v) is 9.65. The lowest BCUT2D eigenvalue weighted by atomic mass is 10.1. The highest BCUT2D eigenvalue weighted by molar-refractivity contribution is 6.06. The van der Waals surface area contributed by atoms with E-state index in [2.05, 4.69) is 10.3 Å². The van der Waals surface area contributed by atoms with Gasteiger partial charge in [-0.1, -0.05) is 18.2 Å². The molecule has 7 heteroatoms. The number of benzene rings is 2. The Morgan fingerprint density at radius 1 is 1.10 bits per heavy atom. The van der Waals surface area contributed by atoms with Crippen LogP contribution >= 0.6 is 0 Å². The van der Waals surface area contributed by atoms with Gasteiger partial charge in [-0.25, -0.2) is 4.79 Å². The van der Waals surface area contributed by atoms with Crippen LogP contribution < -0.4 is 21.2 Å². The molecule has 1 aliphatic carbocycles. The van der Waals surface area contributed by atoms with E-state index in [1.807, 2.05) is 6.07 Å². The van der Waals surface area contributed by atoms with Crippen molar-refractivity contribution in [1.29, 1.82) is 0 Å². The van der Waals surface area contributed by atoms with Crippen molar-refractivity contribution in [2.45, 2.75) is 19.3 Å². The second kappa shape index (κ2) is 6.88. The van der Waals surface area contributed by atoms with E-state index in [0.717, 1.165) is 35.8 Å². The summed E-state index contributed by atoms with van der Waals surface area (Å²) in [4.78, 5) is 40.3. The molecule has 4 aromatic rings. The first kappa shape index (κ1) is 18.2. The van der Waals surface area contributed by atoms with Crippen molar-refractivity contribution in [2.24, 2.45) is 0 Å². The fraction of sp³-hybridized carbons (Fsp3) is 0.174. The predicted molar refractivity (Wildman–Crippen MR) is 114 cm³/mol. The molecule has 30 heavy (non-hydrogen) atoms. The molecule has 2 heterocycles. The number of aromatic amines is 1. The van der Waals surface area contributed by atoms with E-state index in [4.69, 9.17) is 9.15 Å². The first-order chi connectivity index (χ1) is 14.5. The maximum absolute atomic E-state index is 12.7. The number of hydrogen-bond donors (Lipinski definition) is 2. The number of rotatable bonds is 3. The Kier molecular flexibility index (Phi) is 4.17. The normalized spacial score (nSPS) is 12.8. The third-order valence-corrected chi connectivity index (χ3v) is 5.53. The summed E-state index contributed by atoms with van der Waals surface area (Å²) >= 11 is 0. The summed E-state index contributed by atoms with van der Waals surface area (Å²) in [5.74, 6) is -0.168. The standard InChI is InChI=1S/C23H18N2O5/c1-29-19-7-2-4-12-10-17(23(28)30-20(12)19)22(27)24-13-8-9-15-14-5-3-6-16(14)21(26)25-18(15)11-13/h2,4,7-11H,3,5-6H2,1H3,(H,24,27)(H,25,26). The molecule has 0 fully saturated rings. The molecule has 2 aromatic heterocycles. The zero-order valence-electron chi connectivity index (χ0n) is 16.2. The van der Waals surface area contributed by atoms with Gasteiger partial charge in [0.25, 0.3) is 11.5 Å². The van der Waals surface area contributed by atoms with Crippen molar-refractivity contribution in [2.75, 3.05) is 12.4 Å². The molecule has 2 N–H and O–H groups in total. The van der Waals surface area contributed by atoms with E-state index < -0.39 is 11.5 Å². The summed E-state index contributed by atoms with van der Waals surface area (Å²) in [6, 6.07) is 12.0. The number of H-pyrrole nitrogens is 1. The van der Waals surface area contributed by atoms with Crippen LogP contribution in [0.2, 0.25) is 0 Å². The molecular formula is C23H18N2O5. The van der Waals surface area contributed by atoms with Gasteiger partial charge in [0.05, 0.1) is 12.6 Å². The molecule has 0 atom stereocenters. The van der Waals surface area contributed by atoms with Gasteiger partial charge in [0.2, 0.25) is 0 Å². The van der Waals surface area contributed by atoms with Gasteiger partial charge in [-0.3, -0.25) is 9.59 Å². The van der Waals surface area contributed by atoms with Crippen LogP contribution in [0, 0.1) is 0 Å². The first-order valence-electron chi connectivity index (χ1n) is 9.65. The molecule has 1 aliphatic rings. The summed E-state index contributed by atoms with van der Waals surface area (Å²) in [6.45, 7) is 0. The lowest BCUT2D eigenvalue weighted by Gasteiger charge is -2.09. The number of aryl methyl sites for hydroxylation is 1. The van der Waals surface area contributed by atoms with Gasteiger partial charge in [-0.05, 0) is 49.1 Å². The molecule has 7 nitrogen and oxygen atoms in total. The molecular weight excluding hydrogens is 384 g/mol. The van der Waals surface area contributed by atoms with Crippen LogP contribution in [0.1, 0.15) is 27.9 Å². The van der Waals surface area contributed by atoms with E-state index >= 15 is 0 Å². The van der Waals surface area contributed by atoms with Gasteiger partial charge in [0, 0.05) is 22.0 Å². The molecule has 0 radical (unpaired) electrons. The second-order valence-electron chi connectivity index (χ2n) is 7.31. The number of pyridine rings is 1. The summed E-state index contributed by atoms with van der Waals surface area (Å²) < 4.78 is 10.5. The van der Waals surface area contributed by atoms with E-state index in [1.54, 1.807) is 30.3 Å². The number of carbonyl (C=O) groups excluding carboxylic acids is 1. The summed E-state index contributed by atoms with van der Waals surface area (Å²) in [5.41, 5.74) is 2.41. The minimum Gasteiger partial charge on any atom is -0.493 e. The van der Waals surface area contributed by atoms with E-state index in [9.17, 15) is 14.4 Å². The van der Waals surface area contributed by atoms with Gasteiger partial charge in [0.15, 0.2) is 11.3 Å². The molecule has 0 spiro atoms. The maximum Gasteiger partial charge on any atom is 0.349 e. The minimum atomic E-state index is -0.753. The van der Waals surface area contributed by atoms with Gasteiger partial charge in [-0.2, -0.15) is 0 Å². The zero-order valence-corrected chi connectivity index (χ0v) is 16.2. The van der Waals surface area contributed by atoms with Crippen LogP contribution in [0.15, 0.2) is 56.5 Å². The molecule has 0 unspecified atom stereocenters. The minimum absolute atomic E-state index is 0.0809. The van der Waals surface area contributed by atoms with Crippen LogP contribution in [0.25, 0.3) is 21.9 Å². The van der Waals surface area contributed by atoms with Crippen LogP contribution in [-0.2, 0) is 12.8 Å². The van der Waals surface area contributed by atoms with Gasteiger partial charge >= 0.3 is 5.63 Å². The Morgan fingerprint density at radius 2 is 1.93 bits per heavy atom. The van der Waals surface area contributed by atoms with Gasteiger partial charge < -0.3 is 19.5 Å². The van der Waals surface area contributed by atoms with E-state index in [1.165, 1.54) is 13.2 Å². The maximum atomic E-state index is 12.7. The highest BCUT2D eigenvalue weighted by atomic mass is 16.5. The Bertz CT molecular complexity index is 1450. The van der Waals surface area contributed by atoms with Crippen LogP contribution in [0.3, 0.4) is 0 Å². The van der Waals surface area contributed by atoms with Crippen molar-refractivity contribution < 1.29 is 13.9 Å². The number of carbonyl (C=O) groups is 1. The smallest absolute Gasteiger partial charge is 0.349 e. The Hall–Kier alpha value is -3.87. The number of nitrogens with one attached hydrogen (secondary N) is 2. The number of methoxy groups -OCH3 is 1. The summed E-state index contributed by atoms with van der Waals surface area (Å²) in [7, 11) is 1.48. The van der Waals surface area contributed by atoms with Crippen molar-refractivity contribution in [3.63, 3.8) is 0 Å². The van der Waals surface area contributed by atoms with E-state index in [-0.39, 0.29) is 11.1 Å². The molecule has 2 aromatic carbocycles. The number of aromatic nitrogens is 1. The zero-order chi connectivity index (χ0) is 20.8.